The van der Waals surface area contributed by atoms with E-state index in [2.05, 4.69) is 14.9 Å². The molecule has 0 aliphatic heterocycles. The SMILES string of the molecule is CC(C)c1cc(NS(=O)(=O)c2ccc([N+](=O)[O-])cc2Cl)n[nH]1. The number of nitrogens with one attached hydrogen (secondary N) is 2. The molecule has 2 N–H and O–H groups in total. The maximum atomic E-state index is 12.3. The topological polar surface area (TPSA) is 118 Å². The number of anilines is 1. The normalized spacial score (nSPS) is 11.6. The minimum absolute atomic E-state index is 0.123. The first kappa shape index (κ1) is 16.2. The van der Waals surface area contributed by atoms with Crippen LogP contribution in [0.3, 0.4) is 0 Å². The van der Waals surface area contributed by atoms with E-state index < -0.39 is 14.9 Å². The van der Waals surface area contributed by atoms with Gasteiger partial charge in [0, 0.05) is 23.9 Å². The summed E-state index contributed by atoms with van der Waals surface area (Å²) in [5, 5.41) is 17.0. The van der Waals surface area contributed by atoms with Crippen LogP contribution in [0.15, 0.2) is 29.2 Å². The van der Waals surface area contributed by atoms with Gasteiger partial charge in [-0.2, -0.15) is 5.10 Å². The van der Waals surface area contributed by atoms with Crippen LogP contribution in [0.4, 0.5) is 11.5 Å². The van der Waals surface area contributed by atoms with E-state index in [9.17, 15) is 18.5 Å². The number of nitro groups is 1. The first-order chi connectivity index (χ1) is 10.2. The van der Waals surface area contributed by atoms with Gasteiger partial charge < -0.3 is 0 Å². The number of H-pyrrole nitrogens is 1. The van der Waals surface area contributed by atoms with Crippen molar-refractivity contribution in [3.8, 4) is 0 Å². The van der Waals surface area contributed by atoms with Gasteiger partial charge in [-0.05, 0) is 12.0 Å². The fourth-order valence-corrected chi connectivity index (χ4v) is 3.23. The fraction of sp³-hybridized carbons (Fsp3) is 0.250. The Balaban J connectivity index is 2.32. The molecule has 0 aliphatic rings. The number of aromatic amines is 1. The Morgan fingerprint density at radius 1 is 1.36 bits per heavy atom. The van der Waals surface area contributed by atoms with E-state index in [1.807, 2.05) is 13.8 Å². The number of halogens is 1. The van der Waals surface area contributed by atoms with Crippen molar-refractivity contribution >= 4 is 33.1 Å². The van der Waals surface area contributed by atoms with Crippen molar-refractivity contribution in [1.29, 1.82) is 0 Å². The largest absolute Gasteiger partial charge is 0.280 e. The van der Waals surface area contributed by atoms with E-state index in [0.717, 1.165) is 23.9 Å². The van der Waals surface area contributed by atoms with Gasteiger partial charge in [0.25, 0.3) is 15.7 Å². The molecule has 0 unspecified atom stereocenters. The molecule has 1 heterocycles. The second kappa shape index (κ2) is 5.93. The summed E-state index contributed by atoms with van der Waals surface area (Å²) in [5.41, 5.74) is 0.485. The summed E-state index contributed by atoms with van der Waals surface area (Å²) >= 11 is 5.83. The molecule has 0 atom stereocenters. The molecule has 0 radical (unpaired) electrons. The van der Waals surface area contributed by atoms with Gasteiger partial charge in [-0.15, -0.1) is 0 Å². The number of nitro benzene ring substituents is 1. The van der Waals surface area contributed by atoms with E-state index in [4.69, 9.17) is 11.6 Å². The molecule has 118 valence electrons. The maximum absolute atomic E-state index is 12.3. The van der Waals surface area contributed by atoms with E-state index in [0.29, 0.717) is 0 Å². The number of nitrogens with zero attached hydrogens (tertiary/aromatic N) is 2. The molecule has 0 fully saturated rings. The number of non-ortho nitro benzene ring substituents is 1. The summed E-state index contributed by atoms with van der Waals surface area (Å²) in [5.74, 6) is 0.284. The van der Waals surface area contributed by atoms with Crippen LogP contribution in [0.5, 0.6) is 0 Å². The third-order valence-corrected chi connectivity index (χ3v) is 4.71. The van der Waals surface area contributed by atoms with Crippen LogP contribution in [0.25, 0.3) is 0 Å². The van der Waals surface area contributed by atoms with E-state index in [-0.39, 0.29) is 27.3 Å². The first-order valence-corrected chi connectivity index (χ1v) is 8.09. The molecule has 0 saturated carbocycles. The van der Waals surface area contributed by atoms with Crippen LogP contribution in [0, 0.1) is 10.1 Å². The van der Waals surface area contributed by atoms with Gasteiger partial charge >= 0.3 is 0 Å². The van der Waals surface area contributed by atoms with Crippen LogP contribution in [0.1, 0.15) is 25.5 Å². The Morgan fingerprint density at radius 2 is 2.05 bits per heavy atom. The number of hydrogen-bond donors (Lipinski definition) is 2. The van der Waals surface area contributed by atoms with Crippen LogP contribution < -0.4 is 4.72 Å². The molecule has 1 aromatic carbocycles. The molecule has 2 rings (SSSR count). The Kier molecular flexibility index (Phi) is 4.38. The summed E-state index contributed by atoms with van der Waals surface area (Å²) < 4.78 is 26.8. The van der Waals surface area contributed by atoms with Crippen molar-refractivity contribution in [2.45, 2.75) is 24.7 Å². The van der Waals surface area contributed by atoms with E-state index >= 15 is 0 Å². The fourth-order valence-electron chi connectivity index (χ4n) is 1.70. The zero-order valence-corrected chi connectivity index (χ0v) is 13.3. The summed E-state index contributed by atoms with van der Waals surface area (Å²) in [6, 6.07) is 4.71. The monoisotopic (exact) mass is 344 g/mol. The summed E-state index contributed by atoms with van der Waals surface area (Å²) in [6.45, 7) is 3.86. The smallest absolute Gasteiger partial charge is 0.271 e. The summed E-state index contributed by atoms with van der Waals surface area (Å²) in [7, 11) is -3.99. The highest BCUT2D eigenvalue weighted by Gasteiger charge is 2.21. The van der Waals surface area contributed by atoms with Crippen LogP contribution in [-0.4, -0.2) is 23.5 Å². The maximum Gasteiger partial charge on any atom is 0.271 e. The lowest BCUT2D eigenvalue weighted by Crippen LogP contribution is -2.13. The number of hydrogen-bond acceptors (Lipinski definition) is 5. The molecule has 0 spiro atoms. The lowest BCUT2D eigenvalue weighted by molar-refractivity contribution is -0.384. The third kappa shape index (κ3) is 3.37. The molecule has 2 aromatic rings. The molecule has 0 aliphatic carbocycles. The van der Waals surface area contributed by atoms with Crippen LogP contribution >= 0.6 is 11.6 Å². The second-order valence-electron chi connectivity index (χ2n) is 4.84. The zero-order valence-electron chi connectivity index (χ0n) is 11.7. The minimum Gasteiger partial charge on any atom is -0.280 e. The Labute approximate surface area is 131 Å². The predicted molar refractivity (Wildman–Crippen MR) is 81.6 cm³/mol. The molecule has 22 heavy (non-hydrogen) atoms. The van der Waals surface area contributed by atoms with Gasteiger partial charge in [0.1, 0.15) is 4.90 Å². The highest BCUT2D eigenvalue weighted by Crippen LogP contribution is 2.27. The van der Waals surface area contributed by atoms with Gasteiger partial charge in [-0.25, -0.2) is 8.42 Å². The minimum atomic E-state index is -3.99. The van der Waals surface area contributed by atoms with Gasteiger partial charge in [0.2, 0.25) is 0 Å². The van der Waals surface area contributed by atoms with Crippen molar-refractivity contribution < 1.29 is 13.3 Å². The van der Waals surface area contributed by atoms with E-state index in [1.54, 1.807) is 6.07 Å². The van der Waals surface area contributed by atoms with Crippen molar-refractivity contribution in [3.05, 3.63) is 45.1 Å². The predicted octanol–water partition coefficient (Wildman–Crippen LogP) is 2.90. The standard InChI is InChI=1S/C12H13ClN4O4S/c1-7(2)10-6-12(15-14-10)16-22(20,21)11-4-3-8(17(18)19)5-9(11)13/h3-7H,1-2H3,(H2,14,15,16). The first-order valence-electron chi connectivity index (χ1n) is 6.23. The summed E-state index contributed by atoms with van der Waals surface area (Å²) in [6.07, 6.45) is 0. The average molecular weight is 345 g/mol. The van der Waals surface area contributed by atoms with Crippen LogP contribution in [0.2, 0.25) is 5.02 Å². The van der Waals surface area contributed by atoms with Crippen LogP contribution in [-0.2, 0) is 10.0 Å². The molecule has 0 saturated heterocycles. The number of benzene rings is 1. The average Bonchev–Trinajstić information content (AvgIpc) is 2.86. The van der Waals surface area contributed by atoms with Gasteiger partial charge in [-0.3, -0.25) is 19.9 Å². The molecular weight excluding hydrogens is 332 g/mol. The van der Waals surface area contributed by atoms with Crippen molar-refractivity contribution in [2.75, 3.05) is 4.72 Å². The second-order valence-corrected chi connectivity index (χ2v) is 6.90. The highest BCUT2D eigenvalue weighted by atomic mass is 35.5. The molecular formula is C12H13ClN4O4S. The molecule has 0 bridgehead atoms. The van der Waals surface area contributed by atoms with Gasteiger partial charge in [0.15, 0.2) is 5.82 Å². The highest BCUT2D eigenvalue weighted by molar-refractivity contribution is 7.92. The van der Waals surface area contributed by atoms with Gasteiger partial charge in [0.05, 0.1) is 9.95 Å². The third-order valence-electron chi connectivity index (χ3n) is 2.87. The number of rotatable bonds is 5. The van der Waals surface area contributed by atoms with E-state index in [1.165, 1.54) is 0 Å². The van der Waals surface area contributed by atoms with Crippen molar-refractivity contribution in [2.24, 2.45) is 0 Å². The number of sulfonamides is 1. The Morgan fingerprint density at radius 3 is 2.55 bits per heavy atom. The lowest BCUT2D eigenvalue weighted by atomic mass is 10.1. The van der Waals surface area contributed by atoms with Gasteiger partial charge in [-0.1, -0.05) is 25.4 Å². The number of aromatic nitrogens is 2. The molecule has 0 amide bonds. The molecule has 8 nitrogen and oxygen atoms in total. The van der Waals surface area contributed by atoms with Crippen molar-refractivity contribution in [3.63, 3.8) is 0 Å². The Bertz CT molecular complexity index is 816. The lowest BCUT2D eigenvalue weighted by Gasteiger charge is -2.07. The zero-order chi connectivity index (χ0) is 16.5. The molecule has 10 heteroatoms. The molecule has 1 aromatic heterocycles. The quantitative estimate of drug-likeness (QED) is 0.638. The Hall–Kier alpha value is -2.13. The van der Waals surface area contributed by atoms with Crippen molar-refractivity contribution in [1.82, 2.24) is 10.2 Å². The summed E-state index contributed by atoms with van der Waals surface area (Å²) in [4.78, 5) is 9.73.